The second-order valence-corrected chi connectivity index (χ2v) is 9.87. The van der Waals surface area contributed by atoms with Gasteiger partial charge in [0.2, 0.25) is 10.0 Å². The van der Waals surface area contributed by atoms with Gasteiger partial charge in [0.25, 0.3) is 0 Å². The molecule has 8 nitrogen and oxygen atoms in total. The molecule has 1 aromatic heterocycles. The topological polar surface area (TPSA) is 91.6 Å². The Balaban J connectivity index is 0.00000341. The van der Waals surface area contributed by atoms with Crippen molar-refractivity contribution >= 4 is 40.0 Å². The first-order valence-corrected chi connectivity index (χ1v) is 12.0. The van der Waals surface area contributed by atoms with E-state index in [1.54, 1.807) is 18.3 Å². The van der Waals surface area contributed by atoms with Gasteiger partial charge < -0.3 is 10.6 Å². The summed E-state index contributed by atoms with van der Waals surface area (Å²) in [7, 11) is -1.36. The number of nitrogens with zero attached hydrogens (tertiary/aromatic N) is 4. The molecule has 0 radical (unpaired) electrons. The van der Waals surface area contributed by atoms with E-state index in [9.17, 15) is 8.42 Å². The third-order valence-corrected chi connectivity index (χ3v) is 7.33. The number of benzene rings is 1. The van der Waals surface area contributed by atoms with Crippen molar-refractivity contribution in [2.45, 2.75) is 46.2 Å². The van der Waals surface area contributed by atoms with Crippen molar-refractivity contribution in [3.05, 3.63) is 47.3 Å². The minimum Gasteiger partial charge on any atom is -0.354 e. The summed E-state index contributed by atoms with van der Waals surface area (Å²) in [4.78, 5) is 4.35. The summed E-state index contributed by atoms with van der Waals surface area (Å²) in [6.07, 6.45) is 1.53. The fraction of sp³-hybridized carbons (Fsp3) is 0.524. The van der Waals surface area contributed by atoms with E-state index in [0.717, 1.165) is 41.4 Å². The summed E-state index contributed by atoms with van der Waals surface area (Å²) in [5.74, 6) is 0.873. The van der Waals surface area contributed by atoms with Gasteiger partial charge in [0.05, 0.1) is 17.1 Å². The smallest absolute Gasteiger partial charge is 0.213 e. The molecule has 2 heterocycles. The van der Waals surface area contributed by atoms with Crippen molar-refractivity contribution in [3.63, 3.8) is 0 Å². The molecule has 1 fully saturated rings. The summed E-state index contributed by atoms with van der Waals surface area (Å²) < 4.78 is 27.6. The third-order valence-electron chi connectivity index (χ3n) is 5.45. The van der Waals surface area contributed by atoms with E-state index in [1.807, 2.05) is 23.7 Å². The number of para-hydroxylation sites is 1. The normalized spacial score (nSPS) is 16.1. The Hall–Kier alpha value is -1.66. The van der Waals surface area contributed by atoms with E-state index in [-0.39, 0.29) is 35.8 Å². The third kappa shape index (κ3) is 6.42. The van der Waals surface area contributed by atoms with Crippen LogP contribution in [0.4, 0.5) is 0 Å². The van der Waals surface area contributed by atoms with Crippen molar-refractivity contribution in [1.29, 1.82) is 0 Å². The molecule has 0 spiro atoms. The molecule has 2 aromatic rings. The first-order valence-electron chi connectivity index (χ1n) is 10.4. The average Bonchev–Trinajstić information content (AvgIpc) is 3.09. The Morgan fingerprint density at radius 1 is 1.23 bits per heavy atom. The molecule has 1 aromatic carbocycles. The van der Waals surface area contributed by atoms with Gasteiger partial charge in [-0.25, -0.2) is 17.4 Å². The van der Waals surface area contributed by atoms with Gasteiger partial charge in [-0.15, -0.1) is 24.0 Å². The lowest BCUT2D eigenvalue weighted by Gasteiger charge is -2.32. The maximum absolute atomic E-state index is 12.0. The van der Waals surface area contributed by atoms with Crippen LogP contribution in [0.2, 0.25) is 0 Å². The number of nitrogens with one attached hydrogen (secondary N) is 2. The Morgan fingerprint density at radius 3 is 2.48 bits per heavy atom. The first-order chi connectivity index (χ1) is 14.3. The van der Waals surface area contributed by atoms with Crippen molar-refractivity contribution in [1.82, 2.24) is 24.7 Å². The second kappa shape index (κ2) is 11.3. The van der Waals surface area contributed by atoms with Gasteiger partial charge >= 0.3 is 0 Å². The quantitative estimate of drug-likeness (QED) is 0.322. The molecule has 0 saturated carbocycles. The van der Waals surface area contributed by atoms with Crippen molar-refractivity contribution < 1.29 is 8.42 Å². The summed E-state index contributed by atoms with van der Waals surface area (Å²) >= 11 is 0. The van der Waals surface area contributed by atoms with E-state index < -0.39 is 10.0 Å². The highest BCUT2D eigenvalue weighted by Gasteiger charge is 2.27. The molecule has 1 saturated heterocycles. The molecule has 3 rings (SSSR count). The Labute approximate surface area is 202 Å². The lowest BCUT2D eigenvalue weighted by molar-refractivity contribution is 0.306. The zero-order chi connectivity index (χ0) is 21.7. The predicted octanol–water partition coefficient (Wildman–Crippen LogP) is 2.59. The zero-order valence-electron chi connectivity index (χ0n) is 18.6. The van der Waals surface area contributed by atoms with Crippen LogP contribution in [0, 0.1) is 13.8 Å². The van der Waals surface area contributed by atoms with E-state index in [0.29, 0.717) is 19.6 Å². The molecule has 2 N–H and O–H groups in total. The van der Waals surface area contributed by atoms with Crippen LogP contribution >= 0.6 is 24.0 Å². The van der Waals surface area contributed by atoms with Gasteiger partial charge in [-0.3, -0.25) is 4.99 Å². The van der Waals surface area contributed by atoms with Crippen LogP contribution in [0.25, 0.3) is 5.69 Å². The molecule has 0 aliphatic carbocycles. The summed E-state index contributed by atoms with van der Waals surface area (Å²) in [6.45, 7) is 7.44. The number of aryl methyl sites for hydroxylation is 2. The standard InChI is InChI=1S/C21H32N6O2S.HI/c1-5-30(28,29)26-12-10-19(11-13-26)24-21(22-4)23-15-18-8-6-7-9-20(18)27-17(3)14-16(2)25-27;/h6-9,14,19H,5,10-13,15H2,1-4H3,(H2,22,23,24);1H. The lowest BCUT2D eigenvalue weighted by Crippen LogP contribution is -2.49. The average molecular weight is 561 g/mol. The Morgan fingerprint density at radius 2 is 1.90 bits per heavy atom. The molecule has 1 aliphatic rings. The van der Waals surface area contributed by atoms with Crippen molar-refractivity contribution in [2.75, 3.05) is 25.9 Å². The number of guanidine groups is 1. The molecular formula is C21H33IN6O2S. The van der Waals surface area contributed by atoms with Crippen LogP contribution in [0.15, 0.2) is 35.3 Å². The second-order valence-electron chi connectivity index (χ2n) is 7.61. The fourth-order valence-electron chi connectivity index (χ4n) is 3.77. The number of aliphatic imine (C=N–C) groups is 1. The molecule has 31 heavy (non-hydrogen) atoms. The molecule has 172 valence electrons. The molecular weight excluding hydrogens is 527 g/mol. The zero-order valence-corrected chi connectivity index (χ0v) is 21.8. The van der Waals surface area contributed by atoms with E-state index in [2.05, 4.69) is 45.8 Å². The molecule has 0 unspecified atom stereocenters. The Bertz CT molecular complexity index is 997. The number of rotatable bonds is 6. The van der Waals surface area contributed by atoms with Crippen LogP contribution in [0.5, 0.6) is 0 Å². The minimum absolute atomic E-state index is 0. The number of halogens is 1. The van der Waals surface area contributed by atoms with Crippen LogP contribution in [0.1, 0.15) is 36.7 Å². The highest BCUT2D eigenvalue weighted by Crippen LogP contribution is 2.17. The lowest BCUT2D eigenvalue weighted by atomic mass is 10.1. The number of piperidine rings is 1. The number of hydrogen-bond donors (Lipinski definition) is 2. The van der Waals surface area contributed by atoms with Gasteiger partial charge in [-0.1, -0.05) is 18.2 Å². The highest BCUT2D eigenvalue weighted by atomic mass is 127. The number of aromatic nitrogens is 2. The van der Waals surface area contributed by atoms with E-state index >= 15 is 0 Å². The van der Waals surface area contributed by atoms with Gasteiger partial charge in [-0.05, 0) is 51.3 Å². The molecule has 1 aliphatic heterocycles. The summed E-state index contributed by atoms with van der Waals surface area (Å²) in [5, 5.41) is 11.4. The Kier molecular flexibility index (Phi) is 9.31. The van der Waals surface area contributed by atoms with Crippen LogP contribution in [-0.2, 0) is 16.6 Å². The van der Waals surface area contributed by atoms with E-state index in [1.165, 1.54) is 0 Å². The number of hydrogen-bond acceptors (Lipinski definition) is 4. The highest BCUT2D eigenvalue weighted by molar-refractivity contribution is 14.0. The van der Waals surface area contributed by atoms with Gasteiger partial charge in [0.1, 0.15) is 0 Å². The van der Waals surface area contributed by atoms with Crippen LogP contribution in [0.3, 0.4) is 0 Å². The monoisotopic (exact) mass is 560 g/mol. The van der Waals surface area contributed by atoms with Crippen molar-refractivity contribution in [3.8, 4) is 5.69 Å². The maximum Gasteiger partial charge on any atom is 0.213 e. The van der Waals surface area contributed by atoms with Gasteiger partial charge in [0.15, 0.2) is 5.96 Å². The maximum atomic E-state index is 12.0. The van der Waals surface area contributed by atoms with Crippen molar-refractivity contribution in [2.24, 2.45) is 4.99 Å². The summed E-state index contributed by atoms with van der Waals surface area (Å²) in [6, 6.07) is 10.4. The minimum atomic E-state index is -3.11. The molecule has 0 amide bonds. The molecule has 0 atom stereocenters. The largest absolute Gasteiger partial charge is 0.354 e. The van der Waals surface area contributed by atoms with Gasteiger partial charge in [-0.2, -0.15) is 5.10 Å². The fourth-order valence-corrected chi connectivity index (χ4v) is 4.90. The summed E-state index contributed by atoms with van der Waals surface area (Å²) in [5.41, 5.74) is 4.25. The molecule has 0 bridgehead atoms. The SMILES string of the molecule is CCS(=O)(=O)N1CCC(NC(=NC)NCc2ccccc2-n2nc(C)cc2C)CC1.I. The predicted molar refractivity (Wildman–Crippen MR) is 136 cm³/mol. The first kappa shape index (κ1) is 25.6. The number of sulfonamides is 1. The molecule has 10 heteroatoms. The van der Waals surface area contributed by atoms with Gasteiger partial charge in [0, 0.05) is 38.4 Å². The van der Waals surface area contributed by atoms with Crippen LogP contribution in [-0.4, -0.2) is 60.4 Å². The van der Waals surface area contributed by atoms with Crippen LogP contribution < -0.4 is 10.6 Å². The van der Waals surface area contributed by atoms with E-state index in [4.69, 9.17) is 0 Å².